The van der Waals surface area contributed by atoms with E-state index in [0.717, 1.165) is 40.4 Å². The largest absolute Gasteiger partial charge is 0.465 e. The van der Waals surface area contributed by atoms with E-state index in [4.69, 9.17) is 4.98 Å². The fourth-order valence-corrected chi connectivity index (χ4v) is 7.05. The first-order valence-corrected chi connectivity index (χ1v) is 15.6. The highest BCUT2D eigenvalue weighted by atomic mass is 32.2. The van der Waals surface area contributed by atoms with Crippen molar-refractivity contribution in [1.29, 1.82) is 0 Å². The standard InChI is InChI=1S/C32H29F2N5O4S/c1-19-10-12-24(13-11-19)44(42,43)39-18-26(25-14-21(33)15-27(34)30(25)39)31-37-28(20-6-3-2-4-7-20)17-29(38-31)35-22-8-5-9-23(16-22)36-32(40)41/h2-4,6-7,10-15,17-18,22-23,36H,5,8-9,16H2,1H3,(H,40,41)(H,35,37,38). The molecule has 226 valence electrons. The Morgan fingerprint density at radius 1 is 0.977 bits per heavy atom. The van der Waals surface area contributed by atoms with Crippen LogP contribution in [0.5, 0.6) is 0 Å². The maximum absolute atomic E-state index is 15.4. The summed E-state index contributed by atoms with van der Waals surface area (Å²) in [5, 5.41) is 15.1. The molecule has 1 amide bonds. The van der Waals surface area contributed by atoms with Crippen LogP contribution in [0.3, 0.4) is 0 Å². The Hall–Kier alpha value is -4.84. The van der Waals surface area contributed by atoms with Crippen molar-refractivity contribution in [3.63, 3.8) is 0 Å². The van der Waals surface area contributed by atoms with Crippen LogP contribution in [0.2, 0.25) is 0 Å². The van der Waals surface area contributed by atoms with Crippen LogP contribution < -0.4 is 10.6 Å². The first kappa shape index (κ1) is 29.2. The van der Waals surface area contributed by atoms with Crippen molar-refractivity contribution in [3.8, 4) is 22.6 Å². The number of carbonyl (C=O) groups is 1. The summed E-state index contributed by atoms with van der Waals surface area (Å²) in [5.41, 5.74) is 1.92. The average Bonchev–Trinajstić information content (AvgIpc) is 3.38. The van der Waals surface area contributed by atoms with Gasteiger partial charge in [-0.05, 0) is 50.8 Å². The van der Waals surface area contributed by atoms with Crippen molar-refractivity contribution in [3.05, 3.63) is 96.2 Å². The molecule has 9 nitrogen and oxygen atoms in total. The van der Waals surface area contributed by atoms with Gasteiger partial charge in [0.05, 0.1) is 10.6 Å². The van der Waals surface area contributed by atoms with Crippen LogP contribution >= 0.6 is 0 Å². The van der Waals surface area contributed by atoms with Crippen LogP contribution in [0.4, 0.5) is 19.4 Å². The predicted octanol–water partition coefficient (Wildman–Crippen LogP) is 6.58. The molecule has 12 heteroatoms. The Bertz CT molecular complexity index is 1960. The third-order valence-electron chi connectivity index (χ3n) is 7.75. The molecule has 2 aromatic heterocycles. The number of anilines is 1. The fourth-order valence-electron chi connectivity index (χ4n) is 5.67. The molecule has 2 heterocycles. The molecule has 1 aliphatic carbocycles. The second kappa shape index (κ2) is 11.7. The van der Waals surface area contributed by atoms with Gasteiger partial charge in [-0.2, -0.15) is 0 Å². The molecule has 0 aliphatic heterocycles. The smallest absolute Gasteiger partial charge is 0.404 e. The van der Waals surface area contributed by atoms with E-state index < -0.39 is 27.8 Å². The number of hydrogen-bond acceptors (Lipinski definition) is 6. The third-order valence-corrected chi connectivity index (χ3v) is 9.43. The second-order valence-electron chi connectivity index (χ2n) is 10.9. The molecule has 1 aliphatic rings. The van der Waals surface area contributed by atoms with E-state index in [2.05, 4.69) is 15.6 Å². The lowest BCUT2D eigenvalue weighted by Gasteiger charge is -2.30. The number of amides is 1. The number of benzene rings is 3. The van der Waals surface area contributed by atoms with E-state index in [0.29, 0.717) is 24.0 Å². The molecule has 6 rings (SSSR count). The van der Waals surface area contributed by atoms with Gasteiger partial charge in [0.15, 0.2) is 11.6 Å². The van der Waals surface area contributed by atoms with E-state index in [1.807, 2.05) is 37.3 Å². The molecule has 0 saturated heterocycles. The number of hydrogen-bond donors (Lipinski definition) is 3. The van der Waals surface area contributed by atoms with Crippen molar-refractivity contribution in [1.82, 2.24) is 19.3 Å². The van der Waals surface area contributed by atoms with Crippen molar-refractivity contribution >= 4 is 32.8 Å². The number of aryl methyl sites for hydroxylation is 1. The van der Waals surface area contributed by atoms with Gasteiger partial charge in [0.2, 0.25) is 0 Å². The predicted molar refractivity (Wildman–Crippen MR) is 163 cm³/mol. The van der Waals surface area contributed by atoms with Crippen LogP contribution in [0, 0.1) is 18.6 Å². The van der Waals surface area contributed by atoms with Gasteiger partial charge in [0.25, 0.3) is 10.0 Å². The summed E-state index contributed by atoms with van der Waals surface area (Å²) in [6.07, 6.45) is 2.99. The lowest BCUT2D eigenvalue weighted by atomic mass is 9.91. The first-order chi connectivity index (χ1) is 21.1. The summed E-state index contributed by atoms with van der Waals surface area (Å²) in [5.74, 6) is -1.44. The highest BCUT2D eigenvalue weighted by Crippen LogP contribution is 2.36. The monoisotopic (exact) mass is 617 g/mol. The Kier molecular flexibility index (Phi) is 7.76. The first-order valence-electron chi connectivity index (χ1n) is 14.1. The van der Waals surface area contributed by atoms with E-state index in [9.17, 15) is 22.7 Å². The lowest BCUT2D eigenvalue weighted by molar-refractivity contribution is 0.185. The number of nitrogens with zero attached hydrogens (tertiary/aromatic N) is 3. The van der Waals surface area contributed by atoms with Gasteiger partial charge < -0.3 is 15.7 Å². The van der Waals surface area contributed by atoms with Crippen molar-refractivity contribution < 1.29 is 27.1 Å². The van der Waals surface area contributed by atoms with Crippen molar-refractivity contribution in [2.75, 3.05) is 5.32 Å². The van der Waals surface area contributed by atoms with Gasteiger partial charge in [0.1, 0.15) is 17.2 Å². The second-order valence-corrected chi connectivity index (χ2v) is 12.7. The summed E-state index contributed by atoms with van der Waals surface area (Å²) in [7, 11) is -4.29. The maximum atomic E-state index is 15.4. The zero-order chi connectivity index (χ0) is 31.0. The number of rotatable bonds is 7. The van der Waals surface area contributed by atoms with Gasteiger partial charge in [0, 0.05) is 46.9 Å². The van der Waals surface area contributed by atoms with E-state index in [1.165, 1.54) is 18.3 Å². The summed E-state index contributed by atoms with van der Waals surface area (Å²) >= 11 is 0. The molecular weight excluding hydrogens is 588 g/mol. The van der Waals surface area contributed by atoms with Crippen LogP contribution in [-0.4, -0.2) is 45.6 Å². The highest BCUT2D eigenvalue weighted by Gasteiger charge is 2.27. The van der Waals surface area contributed by atoms with Crippen LogP contribution in [0.1, 0.15) is 31.2 Å². The van der Waals surface area contributed by atoms with Crippen molar-refractivity contribution in [2.45, 2.75) is 49.6 Å². The van der Waals surface area contributed by atoms with Gasteiger partial charge in [-0.15, -0.1) is 0 Å². The van der Waals surface area contributed by atoms with Gasteiger partial charge >= 0.3 is 6.09 Å². The van der Waals surface area contributed by atoms with Crippen LogP contribution in [0.15, 0.2) is 83.9 Å². The zero-order valence-corrected chi connectivity index (χ0v) is 24.5. The highest BCUT2D eigenvalue weighted by molar-refractivity contribution is 7.90. The van der Waals surface area contributed by atoms with Crippen LogP contribution in [-0.2, 0) is 10.0 Å². The van der Waals surface area contributed by atoms with E-state index >= 15 is 4.39 Å². The van der Waals surface area contributed by atoms with Crippen LogP contribution in [0.25, 0.3) is 33.5 Å². The molecule has 1 fully saturated rings. The number of nitrogens with one attached hydrogen (secondary N) is 2. The molecule has 0 radical (unpaired) electrons. The fraction of sp³-hybridized carbons (Fsp3) is 0.219. The number of aromatic nitrogens is 3. The minimum atomic E-state index is -4.29. The maximum Gasteiger partial charge on any atom is 0.404 e. The summed E-state index contributed by atoms with van der Waals surface area (Å²) in [6.45, 7) is 1.82. The van der Waals surface area contributed by atoms with Gasteiger partial charge in [-0.25, -0.2) is 35.9 Å². The third kappa shape index (κ3) is 5.85. The summed E-state index contributed by atoms with van der Waals surface area (Å²) in [6, 6.07) is 18.5. The minimum absolute atomic E-state index is 0.00210. The molecule has 2 unspecified atom stereocenters. The molecule has 0 spiro atoms. The lowest BCUT2D eigenvalue weighted by Crippen LogP contribution is -2.41. The number of halogens is 2. The molecule has 2 atom stereocenters. The molecule has 1 saturated carbocycles. The van der Waals surface area contributed by atoms with Crippen molar-refractivity contribution in [2.24, 2.45) is 0 Å². The number of carboxylic acid groups (broad SMARTS) is 1. The molecule has 44 heavy (non-hydrogen) atoms. The molecule has 3 aromatic carbocycles. The molecular formula is C32H29F2N5O4S. The quantitative estimate of drug-likeness (QED) is 0.188. The SMILES string of the molecule is Cc1ccc(S(=O)(=O)n2cc(-c3nc(NC4CCCC(NC(=O)O)C4)cc(-c4ccccc4)n3)c3cc(F)cc(F)c32)cc1. The summed E-state index contributed by atoms with van der Waals surface area (Å²) < 4.78 is 58.4. The van der Waals surface area contributed by atoms with E-state index in [1.54, 1.807) is 18.2 Å². The molecule has 5 aromatic rings. The molecule has 3 N–H and O–H groups in total. The van der Waals surface area contributed by atoms with Gasteiger partial charge in [-0.3, -0.25) is 0 Å². The Morgan fingerprint density at radius 2 is 1.70 bits per heavy atom. The Labute approximate surface area is 252 Å². The van der Waals surface area contributed by atoms with Gasteiger partial charge in [-0.1, -0.05) is 48.0 Å². The average molecular weight is 618 g/mol. The normalized spacial score (nSPS) is 17.0. The van der Waals surface area contributed by atoms with E-state index in [-0.39, 0.29) is 39.3 Å². The summed E-state index contributed by atoms with van der Waals surface area (Å²) in [4.78, 5) is 20.6. The molecule has 0 bridgehead atoms. The Balaban J connectivity index is 1.50. The topological polar surface area (TPSA) is 126 Å². The minimum Gasteiger partial charge on any atom is -0.465 e. The zero-order valence-electron chi connectivity index (χ0n) is 23.7. The number of fused-ring (bicyclic) bond motifs is 1. The Morgan fingerprint density at radius 3 is 2.43 bits per heavy atom.